The van der Waals surface area contributed by atoms with Gasteiger partial charge in [0.15, 0.2) is 0 Å². The van der Waals surface area contributed by atoms with Crippen LogP contribution in [0, 0.1) is 5.92 Å². The summed E-state index contributed by atoms with van der Waals surface area (Å²) in [6.07, 6.45) is 4.61. The third-order valence-electron chi connectivity index (χ3n) is 3.53. The number of hydrogen-bond acceptors (Lipinski definition) is 2. The zero-order chi connectivity index (χ0) is 11.8. The molecule has 17 heavy (non-hydrogen) atoms. The lowest BCUT2D eigenvalue weighted by molar-refractivity contribution is 0.441. The third kappa shape index (κ3) is 1.93. The molecule has 1 fully saturated rings. The van der Waals surface area contributed by atoms with E-state index in [0.29, 0.717) is 6.04 Å². The molecule has 1 aromatic heterocycles. The average Bonchev–Trinajstić information content (AvgIpc) is 3.13. The Morgan fingerprint density at radius 1 is 1.29 bits per heavy atom. The fourth-order valence-corrected chi connectivity index (χ4v) is 2.23. The second kappa shape index (κ2) is 3.91. The van der Waals surface area contributed by atoms with E-state index < -0.39 is 0 Å². The van der Waals surface area contributed by atoms with Gasteiger partial charge in [0, 0.05) is 11.8 Å². The average molecular weight is 227 g/mol. The lowest BCUT2D eigenvalue weighted by Gasteiger charge is -2.09. The molecule has 0 bridgehead atoms. The van der Waals surface area contributed by atoms with Crippen molar-refractivity contribution in [3.63, 3.8) is 0 Å². The maximum Gasteiger partial charge on any atom is 0.115 e. The highest BCUT2D eigenvalue weighted by Crippen LogP contribution is 2.40. The summed E-state index contributed by atoms with van der Waals surface area (Å²) in [7, 11) is 0. The molecule has 0 aliphatic heterocycles. The predicted octanol–water partition coefficient (Wildman–Crippen LogP) is 3.10. The Kier molecular flexibility index (Phi) is 2.39. The lowest BCUT2D eigenvalue weighted by atomic mass is 10.1. The van der Waals surface area contributed by atoms with E-state index in [-0.39, 0.29) is 0 Å². The van der Waals surface area contributed by atoms with Crippen molar-refractivity contribution in [1.82, 2.24) is 9.78 Å². The zero-order valence-corrected chi connectivity index (χ0v) is 10.0. The fourth-order valence-electron chi connectivity index (χ4n) is 2.23. The molecule has 0 spiro atoms. The largest absolute Gasteiger partial charge is 0.396 e. The summed E-state index contributed by atoms with van der Waals surface area (Å²) in [5.74, 6) is 0.790. The summed E-state index contributed by atoms with van der Waals surface area (Å²) in [4.78, 5) is 0. The first-order valence-corrected chi connectivity index (χ1v) is 6.16. The summed E-state index contributed by atoms with van der Waals surface area (Å²) in [6.45, 7) is 2.22. The van der Waals surface area contributed by atoms with Crippen LogP contribution >= 0.6 is 0 Å². The smallest absolute Gasteiger partial charge is 0.115 e. The molecule has 1 unspecified atom stereocenters. The molecule has 3 rings (SSSR count). The highest BCUT2D eigenvalue weighted by Gasteiger charge is 2.30. The van der Waals surface area contributed by atoms with Gasteiger partial charge < -0.3 is 5.73 Å². The van der Waals surface area contributed by atoms with E-state index in [1.54, 1.807) is 0 Å². The summed E-state index contributed by atoms with van der Waals surface area (Å²) < 4.78 is 2.02. The van der Waals surface area contributed by atoms with Gasteiger partial charge >= 0.3 is 0 Å². The normalized spacial score (nSPS) is 17.0. The van der Waals surface area contributed by atoms with Crippen LogP contribution in [0.15, 0.2) is 36.5 Å². The summed E-state index contributed by atoms with van der Waals surface area (Å²) in [6, 6.07) is 10.6. The van der Waals surface area contributed by atoms with E-state index in [1.165, 1.54) is 12.8 Å². The fraction of sp³-hybridized carbons (Fsp3) is 0.357. The monoisotopic (exact) mass is 227 g/mol. The highest BCUT2D eigenvalue weighted by atomic mass is 15.3. The number of hydrogen-bond donors (Lipinski definition) is 1. The Balaban J connectivity index is 1.95. The van der Waals surface area contributed by atoms with Crippen LogP contribution in [0.25, 0.3) is 11.3 Å². The van der Waals surface area contributed by atoms with Crippen LogP contribution in [0.4, 0.5) is 5.69 Å². The van der Waals surface area contributed by atoms with Gasteiger partial charge in [-0.05, 0) is 25.7 Å². The minimum absolute atomic E-state index is 0.467. The molecule has 1 heterocycles. The number of anilines is 1. The Bertz CT molecular complexity index is 512. The predicted molar refractivity (Wildman–Crippen MR) is 69.5 cm³/mol. The molecule has 2 aromatic rings. The van der Waals surface area contributed by atoms with Gasteiger partial charge in [0.1, 0.15) is 5.69 Å². The van der Waals surface area contributed by atoms with E-state index in [4.69, 9.17) is 5.73 Å². The van der Waals surface area contributed by atoms with Crippen molar-refractivity contribution in [1.29, 1.82) is 0 Å². The summed E-state index contributed by atoms with van der Waals surface area (Å²) in [5, 5.41) is 4.63. The maximum atomic E-state index is 6.05. The number of aromatic nitrogens is 2. The molecule has 1 aliphatic rings. The molecule has 0 saturated heterocycles. The van der Waals surface area contributed by atoms with Gasteiger partial charge in [-0.2, -0.15) is 5.10 Å². The van der Waals surface area contributed by atoms with Crippen LogP contribution in [-0.2, 0) is 0 Å². The SMILES string of the molecule is CC(C1CC1)n1cc(N)c(-c2ccccc2)n1. The van der Waals surface area contributed by atoms with Gasteiger partial charge in [0.25, 0.3) is 0 Å². The van der Waals surface area contributed by atoms with E-state index in [9.17, 15) is 0 Å². The molecule has 3 heteroatoms. The Morgan fingerprint density at radius 3 is 2.65 bits per heavy atom. The molecular weight excluding hydrogens is 210 g/mol. The molecule has 1 saturated carbocycles. The van der Waals surface area contributed by atoms with Gasteiger partial charge in [-0.3, -0.25) is 4.68 Å². The van der Waals surface area contributed by atoms with E-state index >= 15 is 0 Å². The van der Waals surface area contributed by atoms with Crippen molar-refractivity contribution in [3.05, 3.63) is 36.5 Å². The molecular formula is C14H17N3. The van der Waals surface area contributed by atoms with E-state index in [0.717, 1.165) is 22.9 Å². The summed E-state index contributed by atoms with van der Waals surface area (Å²) >= 11 is 0. The van der Waals surface area contributed by atoms with Crippen molar-refractivity contribution in [2.24, 2.45) is 5.92 Å². The highest BCUT2D eigenvalue weighted by molar-refractivity contribution is 5.71. The Labute approximate surface area is 101 Å². The van der Waals surface area contributed by atoms with Crippen LogP contribution in [0.5, 0.6) is 0 Å². The van der Waals surface area contributed by atoms with Crippen molar-refractivity contribution < 1.29 is 0 Å². The standard InChI is InChI=1S/C14H17N3/c1-10(11-7-8-11)17-9-13(15)14(16-17)12-5-3-2-4-6-12/h2-6,9-11H,7-8,15H2,1H3. The van der Waals surface area contributed by atoms with Gasteiger partial charge in [0.2, 0.25) is 0 Å². The first kappa shape index (κ1) is 10.4. The first-order valence-electron chi connectivity index (χ1n) is 6.16. The van der Waals surface area contributed by atoms with Crippen molar-refractivity contribution in [2.45, 2.75) is 25.8 Å². The number of benzene rings is 1. The summed E-state index contributed by atoms with van der Waals surface area (Å²) in [5.41, 5.74) is 8.81. The van der Waals surface area contributed by atoms with Crippen LogP contribution in [0.1, 0.15) is 25.8 Å². The topological polar surface area (TPSA) is 43.8 Å². The van der Waals surface area contributed by atoms with Crippen LogP contribution in [0.3, 0.4) is 0 Å². The molecule has 2 N–H and O–H groups in total. The molecule has 1 aromatic carbocycles. The second-order valence-electron chi connectivity index (χ2n) is 4.86. The Hall–Kier alpha value is -1.77. The number of nitrogens with two attached hydrogens (primary N) is 1. The van der Waals surface area contributed by atoms with Crippen LogP contribution < -0.4 is 5.73 Å². The van der Waals surface area contributed by atoms with Crippen LogP contribution in [-0.4, -0.2) is 9.78 Å². The van der Waals surface area contributed by atoms with Crippen molar-refractivity contribution in [3.8, 4) is 11.3 Å². The molecule has 88 valence electrons. The zero-order valence-electron chi connectivity index (χ0n) is 10.0. The number of rotatable bonds is 3. The second-order valence-corrected chi connectivity index (χ2v) is 4.86. The molecule has 3 nitrogen and oxygen atoms in total. The first-order chi connectivity index (χ1) is 8.25. The number of nitrogens with zero attached hydrogens (tertiary/aromatic N) is 2. The van der Waals surface area contributed by atoms with E-state index in [2.05, 4.69) is 12.0 Å². The quantitative estimate of drug-likeness (QED) is 0.875. The van der Waals surface area contributed by atoms with Gasteiger partial charge in [0.05, 0.1) is 11.7 Å². The van der Waals surface area contributed by atoms with Crippen molar-refractivity contribution in [2.75, 3.05) is 5.73 Å². The molecule has 1 atom stereocenters. The number of nitrogen functional groups attached to an aromatic ring is 1. The van der Waals surface area contributed by atoms with Crippen LogP contribution in [0.2, 0.25) is 0 Å². The van der Waals surface area contributed by atoms with E-state index in [1.807, 2.05) is 41.2 Å². The van der Waals surface area contributed by atoms with Gasteiger partial charge in [-0.25, -0.2) is 0 Å². The minimum atomic E-state index is 0.467. The maximum absolute atomic E-state index is 6.05. The Morgan fingerprint density at radius 2 is 2.00 bits per heavy atom. The van der Waals surface area contributed by atoms with Crippen molar-refractivity contribution >= 4 is 5.69 Å². The van der Waals surface area contributed by atoms with Gasteiger partial charge in [-0.15, -0.1) is 0 Å². The lowest BCUT2D eigenvalue weighted by Crippen LogP contribution is -2.07. The third-order valence-corrected chi connectivity index (χ3v) is 3.53. The van der Waals surface area contributed by atoms with Gasteiger partial charge in [-0.1, -0.05) is 30.3 Å². The molecule has 0 radical (unpaired) electrons. The minimum Gasteiger partial charge on any atom is -0.396 e. The molecule has 1 aliphatic carbocycles. The molecule has 0 amide bonds.